The zero-order valence-corrected chi connectivity index (χ0v) is 19.0. The van der Waals surface area contributed by atoms with E-state index in [1.54, 1.807) is 7.11 Å². The van der Waals surface area contributed by atoms with Gasteiger partial charge in [0.15, 0.2) is 0 Å². The Morgan fingerprint density at radius 3 is 1.94 bits per heavy atom. The van der Waals surface area contributed by atoms with Crippen LogP contribution in [0, 0.1) is 0 Å². The fourth-order valence-electron chi connectivity index (χ4n) is 3.81. The number of carbonyl (C=O) groups excluding carboxylic acids is 2. The van der Waals surface area contributed by atoms with E-state index in [2.05, 4.69) is 55.7 Å². The number of hydrogen-bond donors (Lipinski definition) is 2. The highest BCUT2D eigenvalue weighted by atomic mass is 16.5. The molecule has 0 radical (unpaired) electrons. The number of carbonyl (C=O) groups is 2. The number of rotatable bonds is 5. The predicted molar refractivity (Wildman–Crippen MR) is 126 cm³/mol. The Kier molecular flexibility index (Phi) is 6.34. The van der Waals surface area contributed by atoms with Crippen LogP contribution in [0.2, 0.25) is 0 Å². The normalized spacial score (nSPS) is 11.5. The van der Waals surface area contributed by atoms with Gasteiger partial charge in [0.05, 0.1) is 7.11 Å². The van der Waals surface area contributed by atoms with Gasteiger partial charge in [-0.3, -0.25) is 9.59 Å². The Morgan fingerprint density at radius 2 is 1.35 bits per heavy atom. The van der Waals surface area contributed by atoms with Crippen molar-refractivity contribution >= 4 is 22.6 Å². The number of amides is 2. The van der Waals surface area contributed by atoms with Crippen LogP contribution in [-0.4, -0.2) is 33.0 Å². The summed E-state index contributed by atoms with van der Waals surface area (Å²) in [5.41, 5.74) is 4.00. The van der Waals surface area contributed by atoms with Gasteiger partial charge in [0.1, 0.15) is 11.7 Å². The molecule has 0 aliphatic rings. The lowest BCUT2D eigenvalue weighted by Crippen LogP contribution is -2.36. The molecule has 2 amide bonds. The number of hydrogen-bond acceptors (Lipinski definition) is 3. The van der Waals surface area contributed by atoms with Gasteiger partial charge in [0.25, 0.3) is 0 Å². The molecule has 3 rings (SSSR count). The molecule has 0 unspecified atom stereocenters. The summed E-state index contributed by atoms with van der Waals surface area (Å²) >= 11 is 0. The molecular formula is C26H30N2O3. The maximum Gasteiger partial charge on any atom is 0.236 e. The van der Waals surface area contributed by atoms with Crippen LogP contribution in [0.4, 0.5) is 0 Å². The molecule has 0 spiro atoms. The van der Waals surface area contributed by atoms with Gasteiger partial charge >= 0.3 is 0 Å². The van der Waals surface area contributed by atoms with Gasteiger partial charge < -0.3 is 15.4 Å². The van der Waals surface area contributed by atoms with Crippen LogP contribution in [0.5, 0.6) is 5.75 Å². The van der Waals surface area contributed by atoms with E-state index in [1.807, 2.05) is 30.3 Å². The second-order valence-corrected chi connectivity index (χ2v) is 8.65. The van der Waals surface area contributed by atoms with E-state index in [-0.39, 0.29) is 17.2 Å². The Bertz CT molecular complexity index is 1110. The van der Waals surface area contributed by atoms with Crippen molar-refractivity contribution in [2.24, 2.45) is 0 Å². The second-order valence-electron chi connectivity index (χ2n) is 8.65. The predicted octanol–water partition coefficient (Wildman–Crippen LogP) is 4.39. The van der Waals surface area contributed by atoms with Gasteiger partial charge in [-0.15, -0.1) is 0 Å². The van der Waals surface area contributed by atoms with E-state index in [9.17, 15) is 9.59 Å². The molecule has 0 heterocycles. The molecule has 3 aromatic carbocycles. The van der Waals surface area contributed by atoms with Gasteiger partial charge in [0, 0.05) is 19.7 Å². The Balaban J connectivity index is 2.04. The average Bonchev–Trinajstić information content (AvgIpc) is 2.77. The largest absolute Gasteiger partial charge is 0.496 e. The first-order valence-electron chi connectivity index (χ1n) is 10.4. The molecule has 0 saturated heterocycles. The molecule has 2 N–H and O–H groups in total. The van der Waals surface area contributed by atoms with Gasteiger partial charge in [-0.2, -0.15) is 0 Å². The lowest BCUT2D eigenvalue weighted by molar-refractivity contribution is -0.131. The van der Waals surface area contributed by atoms with Crippen molar-refractivity contribution in [3.63, 3.8) is 0 Å². The number of nitrogens with one attached hydrogen (secondary N) is 2. The van der Waals surface area contributed by atoms with Crippen LogP contribution in [0.25, 0.3) is 21.9 Å². The standard InChI is InChI=1S/C26H30N2O3/c1-26(2,3)21-15-19(11-12-22(21)31-6)17-7-8-18-14-20(10-9-16(18)13-17)23(24(29)27-4)25(30)28-5/h7-15,23H,1-6H3,(H,27,29)(H,28,30). The summed E-state index contributed by atoms with van der Waals surface area (Å²) in [4.78, 5) is 24.5. The summed E-state index contributed by atoms with van der Waals surface area (Å²) in [6.45, 7) is 6.52. The Hall–Kier alpha value is -3.34. The van der Waals surface area contributed by atoms with Crippen LogP contribution in [0.1, 0.15) is 37.8 Å². The van der Waals surface area contributed by atoms with Gasteiger partial charge in [0.2, 0.25) is 11.8 Å². The van der Waals surface area contributed by atoms with Crippen LogP contribution in [-0.2, 0) is 15.0 Å². The molecule has 0 bridgehead atoms. The van der Waals surface area contributed by atoms with E-state index < -0.39 is 5.92 Å². The third-order valence-electron chi connectivity index (χ3n) is 5.56. The first-order valence-corrected chi connectivity index (χ1v) is 10.4. The van der Waals surface area contributed by atoms with Crippen LogP contribution in [0.15, 0.2) is 54.6 Å². The minimum Gasteiger partial charge on any atom is -0.496 e. The highest BCUT2D eigenvalue weighted by molar-refractivity contribution is 6.06. The third kappa shape index (κ3) is 4.55. The summed E-state index contributed by atoms with van der Waals surface area (Å²) in [7, 11) is 4.77. The van der Waals surface area contributed by atoms with Crippen LogP contribution < -0.4 is 15.4 Å². The number of ether oxygens (including phenoxy) is 1. The topological polar surface area (TPSA) is 67.4 Å². The third-order valence-corrected chi connectivity index (χ3v) is 5.56. The van der Waals surface area contributed by atoms with E-state index in [1.165, 1.54) is 14.1 Å². The van der Waals surface area contributed by atoms with Crippen molar-refractivity contribution in [2.75, 3.05) is 21.2 Å². The highest BCUT2D eigenvalue weighted by Gasteiger charge is 2.27. The molecule has 162 valence electrons. The quantitative estimate of drug-likeness (QED) is 0.604. The van der Waals surface area contributed by atoms with Crippen molar-refractivity contribution in [3.8, 4) is 16.9 Å². The van der Waals surface area contributed by atoms with Gasteiger partial charge in [-0.25, -0.2) is 0 Å². The van der Waals surface area contributed by atoms with E-state index in [0.717, 1.165) is 33.2 Å². The van der Waals surface area contributed by atoms with E-state index in [0.29, 0.717) is 5.56 Å². The molecule has 0 aromatic heterocycles. The SMILES string of the molecule is CNC(=O)C(C(=O)NC)c1ccc2cc(-c3ccc(OC)c(C(C)(C)C)c3)ccc2c1. The first-order chi connectivity index (χ1) is 14.7. The Labute approximate surface area is 183 Å². The van der Waals surface area contributed by atoms with Crippen LogP contribution in [0.3, 0.4) is 0 Å². The molecule has 5 heteroatoms. The zero-order chi connectivity index (χ0) is 22.8. The number of benzene rings is 3. The summed E-state index contributed by atoms with van der Waals surface area (Å²) < 4.78 is 5.56. The van der Waals surface area contributed by atoms with Gasteiger partial charge in [-0.1, -0.05) is 51.1 Å². The van der Waals surface area contributed by atoms with Crippen LogP contribution >= 0.6 is 0 Å². The van der Waals surface area contributed by atoms with Crippen molar-refractivity contribution in [1.29, 1.82) is 0 Å². The lowest BCUT2D eigenvalue weighted by Gasteiger charge is -2.23. The fraction of sp³-hybridized carbons (Fsp3) is 0.308. The monoisotopic (exact) mass is 418 g/mol. The Morgan fingerprint density at radius 1 is 0.806 bits per heavy atom. The molecule has 5 nitrogen and oxygen atoms in total. The molecule has 31 heavy (non-hydrogen) atoms. The lowest BCUT2D eigenvalue weighted by atomic mass is 9.84. The first kappa shape index (κ1) is 22.3. The van der Waals surface area contributed by atoms with Crippen molar-refractivity contribution in [1.82, 2.24) is 10.6 Å². The minimum absolute atomic E-state index is 0.0399. The molecule has 0 atom stereocenters. The van der Waals surface area contributed by atoms with Crippen molar-refractivity contribution < 1.29 is 14.3 Å². The van der Waals surface area contributed by atoms with Crippen molar-refractivity contribution in [3.05, 3.63) is 65.7 Å². The molecular weight excluding hydrogens is 388 g/mol. The number of fused-ring (bicyclic) bond motifs is 1. The van der Waals surface area contributed by atoms with E-state index >= 15 is 0 Å². The second kappa shape index (κ2) is 8.80. The number of methoxy groups -OCH3 is 1. The summed E-state index contributed by atoms with van der Waals surface area (Å²) in [6.07, 6.45) is 0. The average molecular weight is 419 g/mol. The fourth-order valence-corrected chi connectivity index (χ4v) is 3.81. The minimum atomic E-state index is -0.880. The molecule has 3 aromatic rings. The molecule has 0 fully saturated rings. The molecule has 0 aliphatic heterocycles. The molecule has 0 saturated carbocycles. The van der Waals surface area contributed by atoms with Gasteiger partial charge in [-0.05, 0) is 57.1 Å². The van der Waals surface area contributed by atoms with Crippen molar-refractivity contribution in [2.45, 2.75) is 32.1 Å². The highest BCUT2D eigenvalue weighted by Crippen LogP contribution is 2.36. The summed E-state index contributed by atoms with van der Waals surface area (Å²) in [5.74, 6) is -0.655. The number of likely N-dealkylation sites (N-methyl/N-ethyl adjacent to an activating group) is 2. The maximum absolute atomic E-state index is 12.3. The summed E-state index contributed by atoms with van der Waals surface area (Å²) in [6, 6.07) is 18.2. The van der Waals surface area contributed by atoms with E-state index in [4.69, 9.17) is 4.74 Å². The smallest absolute Gasteiger partial charge is 0.236 e. The summed E-state index contributed by atoms with van der Waals surface area (Å²) in [5, 5.41) is 7.17. The maximum atomic E-state index is 12.3. The zero-order valence-electron chi connectivity index (χ0n) is 19.0. The molecule has 0 aliphatic carbocycles.